The van der Waals surface area contributed by atoms with E-state index in [-0.39, 0.29) is 18.3 Å². The highest BCUT2D eigenvalue weighted by Gasteiger charge is 2.31. The van der Waals surface area contributed by atoms with Gasteiger partial charge in [-0.2, -0.15) is 0 Å². The zero-order valence-electron chi connectivity index (χ0n) is 9.76. The van der Waals surface area contributed by atoms with Gasteiger partial charge in [-0.3, -0.25) is 4.79 Å². The molecule has 1 fully saturated rings. The summed E-state index contributed by atoms with van der Waals surface area (Å²) in [6, 6.07) is 7.75. The predicted octanol–water partition coefficient (Wildman–Crippen LogP) is 1.90. The molecule has 1 saturated heterocycles. The molecule has 1 N–H and O–H groups in total. The molecule has 0 spiro atoms. The third kappa shape index (κ3) is 2.77. The Morgan fingerprint density at radius 3 is 3.06 bits per heavy atom. The summed E-state index contributed by atoms with van der Waals surface area (Å²) in [6.07, 6.45) is 0.155. The van der Waals surface area contributed by atoms with E-state index >= 15 is 0 Å². The van der Waals surface area contributed by atoms with Gasteiger partial charge in [0.1, 0.15) is 5.75 Å². The molecule has 0 bridgehead atoms. The van der Waals surface area contributed by atoms with Gasteiger partial charge in [0.2, 0.25) is 0 Å². The summed E-state index contributed by atoms with van der Waals surface area (Å²) in [7, 11) is 1.62. The summed E-state index contributed by atoms with van der Waals surface area (Å²) >= 11 is 0. The number of rotatable bonds is 4. The number of carboxylic acids is 1. The highest BCUT2D eigenvalue weighted by Crippen LogP contribution is 2.34. The van der Waals surface area contributed by atoms with E-state index in [1.165, 1.54) is 0 Å². The third-order valence-electron chi connectivity index (χ3n) is 3.16. The fourth-order valence-corrected chi connectivity index (χ4v) is 2.26. The van der Waals surface area contributed by atoms with E-state index < -0.39 is 5.97 Å². The van der Waals surface area contributed by atoms with Gasteiger partial charge < -0.3 is 14.6 Å². The molecular formula is C13H16O4. The second-order valence-corrected chi connectivity index (χ2v) is 4.28. The van der Waals surface area contributed by atoms with Crippen LogP contribution in [0, 0.1) is 5.92 Å². The molecule has 0 radical (unpaired) electrons. The number of methoxy groups -OCH3 is 1. The smallest absolute Gasteiger partial charge is 0.303 e. The molecule has 1 heterocycles. The number of carbonyl (C=O) groups is 1. The Morgan fingerprint density at radius 2 is 2.35 bits per heavy atom. The molecule has 0 aromatic heterocycles. The van der Waals surface area contributed by atoms with Crippen LogP contribution in [0.1, 0.15) is 17.9 Å². The average molecular weight is 236 g/mol. The summed E-state index contributed by atoms with van der Waals surface area (Å²) in [4.78, 5) is 10.8. The van der Waals surface area contributed by atoms with Crippen molar-refractivity contribution in [3.63, 3.8) is 0 Å². The van der Waals surface area contributed by atoms with Crippen molar-refractivity contribution >= 4 is 5.97 Å². The Labute approximate surface area is 100 Å². The Morgan fingerprint density at radius 1 is 1.53 bits per heavy atom. The predicted molar refractivity (Wildman–Crippen MR) is 62.3 cm³/mol. The first-order valence-corrected chi connectivity index (χ1v) is 5.64. The van der Waals surface area contributed by atoms with Crippen molar-refractivity contribution in [1.29, 1.82) is 0 Å². The van der Waals surface area contributed by atoms with Crippen LogP contribution in [0.3, 0.4) is 0 Å². The number of carboxylic acid groups (broad SMARTS) is 1. The van der Waals surface area contributed by atoms with E-state index in [0.29, 0.717) is 13.2 Å². The van der Waals surface area contributed by atoms with Crippen LogP contribution in [0.5, 0.6) is 5.75 Å². The van der Waals surface area contributed by atoms with Crippen LogP contribution in [-0.4, -0.2) is 31.4 Å². The van der Waals surface area contributed by atoms with Gasteiger partial charge >= 0.3 is 5.97 Å². The van der Waals surface area contributed by atoms with Gasteiger partial charge in [-0.25, -0.2) is 0 Å². The fraction of sp³-hybridized carbons (Fsp3) is 0.462. The maximum atomic E-state index is 10.8. The molecule has 0 unspecified atom stereocenters. The van der Waals surface area contributed by atoms with Crippen molar-refractivity contribution in [2.75, 3.05) is 20.3 Å². The summed E-state index contributed by atoms with van der Waals surface area (Å²) in [5.74, 6) is 0.234. The number of hydrogen-bond acceptors (Lipinski definition) is 3. The molecule has 92 valence electrons. The molecule has 17 heavy (non-hydrogen) atoms. The Kier molecular flexibility index (Phi) is 3.64. The second kappa shape index (κ2) is 5.19. The summed E-state index contributed by atoms with van der Waals surface area (Å²) in [6.45, 7) is 1.11. The minimum absolute atomic E-state index is 0.0552. The molecule has 1 aliphatic heterocycles. The van der Waals surface area contributed by atoms with E-state index in [9.17, 15) is 4.79 Å². The van der Waals surface area contributed by atoms with Gasteiger partial charge in [0.05, 0.1) is 26.7 Å². The lowest BCUT2D eigenvalue weighted by molar-refractivity contribution is -0.138. The van der Waals surface area contributed by atoms with Gasteiger partial charge in [-0.1, -0.05) is 12.1 Å². The SMILES string of the molecule is COc1cccc([C@@H]2COC[C@@H]2CC(=O)O)c1. The molecule has 0 aliphatic carbocycles. The van der Waals surface area contributed by atoms with Gasteiger partial charge in [-0.05, 0) is 17.7 Å². The molecule has 2 atom stereocenters. The molecule has 1 aromatic carbocycles. The molecule has 0 amide bonds. The highest BCUT2D eigenvalue weighted by molar-refractivity contribution is 5.67. The summed E-state index contributed by atoms with van der Waals surface area (Å²) in [5, 5.41) is 8.86. The summed E-state index contributed by atoms with van der Waals surface area (Å²) < 4.78 is 10.6. The molecular weight excluding hydrogens is 220 g/mol. The first kappa shape index (κ1) is 11.9. The molecule has 1 aromatic rings. The van der Waals surface area contributed by atoms with Gasteiger partial charge in [-0.15, -0.1) is 0 Å². The van der Waals surface area contributed by atoms with E-state index in [1.54, 1.807) is 7.11 Å². The normalized spacial score (nSPS) is 23.6. The van der Waals surface area contributed by atoms with Crippen molar-refractivity contribution in [2.24, 2.45) is 5.92 Å². The zero-order valence-corrected chi connectivity index (χ0v) is 9.76. The fourth-order valence-electron chi connectivity index (χ4n) is 2.26. The van der Waals surface area contributed by atoms with Crippen LogP contribution in [0.15, 0.2) is 24.3 Å². The molecule has 2 rings (SSSR count). The molecule has 0 saturated carbocycles. The molecule has 1 aliphatic rings. The lowest BCUT2D eigenvalue weighted by atomic mass is 9.87. The lowest BCUT2D eigenvalue weighted by Crippen LogP contribution is -2.15. The standard InChI is InChI=1S/C13H16O4/c1-16-11-4-2-3-9(5-11)12-8-17-7-10(12)6-13(14)15/h2-5,10,12H,6-8H2,1H3,(H,14,15)/t10-,12-/m0/s1. The van der Waals surface area contributed by atoms with E-state index in [1.807, 2.05) is 24.3 Å². The maximum absolute atomic E-state index is 10.8. The number of benzene rings is 1. The Bertz CT molecular complexity index is 402. The quantitative estimate of drug-likeness (QED) is 0.867. The van der Waals surface area contributed by atoms with Gasteiger partial charge in [0.15, 0.2) is 0 Å². The largest absolute Gasteiger partial charge is 0.497 e. The zero-order chi connectivity index (χ0) is 12.3. The summed E-state index contributed by atoms with van der Waals surface area (Å²) in [5.41, 5.74) is 1.09. The van der Waals surface area contributed by atoms with Crippen LogP contribution in [0.4, 0.5) is 0 Å². The molecule has 4 nitrogen and oxygen atoms in total. The van der Waals surface area contributed by atoms with Crippen molar-refractivity contribution in [2.45, 2.75) is 12.3 Å². The van der Waals surface area contributed by atoms with Crippen molar-refractivity contribution in [3.05, 3.63) is 29.8 Å². The minimum Gasteiger partial charge on any atom is -0.497 e. The Balaban J connectivity index is 2.16. The van der Waals surface area contributed by atoms with Gasteiger partial charge in [0.25, 0.3) is 0 Å². The maximum Gasteiger partial charge on any atom is 0.303 e. The number of aliphatic carboxylic acids is 1. The van der Waals surface area contributed by atoms with E-state index in [2.05, 4.69) is 0 Å². The van der Waals surface area contributed by atoms with Crippen LogP contribution < -0.4 is 4.74 Å². The van der Waals surface area contributed by atoms with Crippen LogP contribution >= 0.6 is 0 Å². The van der Waals surface area contributed by atoms with Crippen LogP contribution in [0.25, 0.3) is 0 Å². The number of ether oxygens (including phenoxy) is 2. The topological polar surface area (TPSA) is 55.8 Å². The highest BCUT2D eigenvalue weighted by atomic mass is 16.5. The van der Waals surface area contributed by atoms with Crippen molar-refractivity contribution in [1.82, 2.24) is 0 Å². The number of hydrogen-bond donors (Lipinski definition) is 1. The Hall–Kier alpha value is -1.55. The lowest BCUT2D eigenvalue weighted by Gasteiger charge is -2.16. The minimum atomic E-state index is -0.770. The van der Waals surface area contributed by atoms with Crippen molar-refractivity contribution < 1.29 is 19.4 Å². The second-order valence-electron chi connectivity index (χ2n) is 4.28. The monoisotopic (exact) mass is 236 g/mol. The molecule has 4 heteroatoms. The van der Waals surface area contributed by atoms with Crippen LogP contribution in [-0.2, 0) is 9.53 Å². The first-order chi connectivity index (χ1) is 8.20. The average Bonchev–Trinajstić information content (AvgIpc) is 2.76. The third-order valence-corrected chi connectivity index (χ3v) is 3.16. The van der Waals surface area contributed by atoms with Crippen molar-refractivity contribution in [3.8, 4) is 5.75 Å². The van der Waals surface area contributed by atoms with E-state index in [0.717, 1.165) is 11.3 Å². The van der Waals surface area contributed by atoms with Crippen LogP contribution in [0.2, 0.25) is 0 Å². The first-order valence-electron chi connectivity index (χ1n) is 5.64. The van der Waals surface area contributed by atoms with Gasteiger partial charge in [0, 0.05) is 11.8 Å². The van der Waals surface area contributed by atoms with E-state index in [4.69, 9.17) is 14.6 Å².